The molecule has 0 atom stereocenters. The lowest BCUT2D eigenvalue weighted by Crippen LogP contribution is -1.98. The lowest BCUT2D eigenvalue weighted by atomic mass is 10.3. The van der Waals surface area contributed by atoms with E-state index in [2.05, 4.69) is 4.98 Å². The van der Waals surface area contributed by atoms with Gasteiger partial charge in [0, 0.05) is 19.2 Å². The van der Waals surface area contributed by atoms with Crippen molar-refractivity contribution in [1.82, 2.24) is 9.55 Å². The van der Waals surface area contributed by atoms with Crippen LogP contribution >= 0.6 is 11.6 Å². The number of halogens is 1. The van der Waals surface area contributed by atoms with Crippen LogP contribution in [0.2, 0.25) is 5.02 Å². The van der Waals surface area contributed by atoms with Gasteiger partial charge in [-0.25, -0.2) is 4.98 Å². The first-order chi connectivity index (χ1) is 6.72. The van der Waals surface area contributed by atoms with Crippen LogP contribution in [0.3, 0.4) is 0 Å². The highest BCUT2D eigenvalue weighted by atomic mass is 35.5. The van der Waals surface area contributed by atoms with Gasteiger partial charge in [-0.3, -0.25) is 0 Å². The Balaban J connectivity index is 2.61. The Labute approximate surface area is 87.3 Å². The summed E-state index contributed by atoms with van der Waals surface area (Å²) in [6.07, 6.45) is 0. The fourth-order valence-electron chi connectivity index (χ4n) is 1.48. The molecule has 4 heteroatoms. The van der Waals surface area contributed by atoms with E-state index in [9.17, 15) is 0 Å². The number of imidazole rings is 1. The van der Waals surface area contributed by atoms with Crippen LogP contribution in [-0.4, -0.2) is 16.7 Å². The summed E-state index contributed by atoms with van der Waals surface area (Å²) in [4.78, 5) is 4.42. The van der Waals surface area contributed by atoms with Crippen LogP contribution in [0.4, 0.5) is 0 Å². The molecule has 0 unspecified atom stereocenters. The first-order valence-electron chi connectivity index (χ1n) is 4.32. The summed E-state index contributed by atoms with van der Waals surface area (Å²) < 4.78 is 7.06. The summed E-state index contributed by atoms with van der Waals surface area (Å²) in [5.41, 5.74) is 1.98. The van der Waals surface area contributed by atoms with Gasteiger partial charge in [-0.1, -0.05) is 11.6 Å². The molecule has 0 N–H and O–H groups in total. The third kappa shape index (κ3) is 1.49. The van der Waals surface area contributed by atoms with E-state index in [0.717, 1.165) is 16.9 Å². The maximum Gasteiger partial charge on any atom is 0.135 e. The number of methoxy groups -OCH3 is 1. The zero-order valence-corrected chi connectivity index (χ0v) is 8.88. The monoisotopic (exact) mass is 210 g/mol. The van der Waals surface area contributed by atoms with Crippen LogP contribution in [-0.2, 0) is 18.4 Å². The molecule has 0 aliphatic carbocycles. The topological polar surface area (TPSA) is 27.1 Å². The minimum atomic E-state index is 0.517. The molecule has 0 fully saturated rings. The molecule has 1 aromatic heterocycles. The van der Waals surface area contributed by atoms with Crippen molar-refractivity contribution >= 4 is 22.6 Å². The number of benzene rings is 1. The molecule has 3 nitrogen and oxygen atoms in total. The predicted molar refractivity (Wildman–Crippen MR) is 56.4 cm³/mol. The van der Waals surface area contributed by atoms with E-state index < -0.39 is 0 Å². The van der Waals surface area contributed by atoms with Gasteiger partial charge in [0.2, 0.25) is 0 Å². The Morgan fingerprint density at radius 3 is 3.00 bits per heavy atom. The summed E-state index contributed by atoms with van der Waals surface area (Å²) in [6.45, 7) is 0.517. The van der Waals surface area contributed by atoms with Crippen molar-refractivity contribution in [2.45, 2.75) is 6.61 Å². The summed E-state index contributed by atoms with van der Waals surface area (Å²) in [6, 6.07) is 5.68. The average Bonchev–Trinajstić information content (AvgIpc) is 2.44. The van der Waals surface area contributed by atoms with Crippen LogP contribution in [0.1, 0.15) is 5.82 Å². The highest BCUT2D eigenvalue weighted by Crippen LogP contribution is 2.19. The molecule has 0 saturated carbocycles. The van der Waals surface area contributed by atoms with Crippen LogP contribution in [0.25, 0.3) is 11.0 Å². The number of nitrogens with zero attached hydrogens (tertiary/aromatic N) is 2. The van der Waals surface area contributed by atoms with E-state index in [0.29, 0.717) is 11.6 Å². The molecule has 0 saturated heterocycles. The van der Waals surface area contributed by atoms with Crippen molar-refractivity contribution in [2.24, 2.45) is 7.05 Å². The normalized spacial score (nSPS) is 11.1. The highest BCUT2D eigenvalue weighted by Gasteiger charge is 2.06. The van der Waals surface area contributed by atoms with Gasteiger partial charge in [-0.05, 0) is 18.2 Å². The van der Waals surface area contributed by atoms with E-state index in [4.69, 9.17) is 16.3 Å². The Hall–Kier alpha value is -1.06. The van der Waals surface area contributed by atoms with E-state index in [-0.39, 0.29) is 0 Å². The van der Waals surface area contributed by atoms with Crippen LogP contribution < -0.4 is 0 Å². The zero-order chi connectivity index (χ0) is 10.1. The third-order valence-corrected chi connectivity index (χ3v) is 2.44. The van der Waals surface area contributed by atoms with Gasteiger partial charge >= 0.3 is 0 Å². The second-order valence-electron chi connectivity index (χ2n) is 3.15. The molecule has 1 heterocycles. The molecule has 74 valence electrons. The highest BCUT2D eigenvalue weighted by molar-refractivity contribution is 6.31. The fourth-order valence-corrected chi connectivity index (χ4v) is 1.65. The maximum absolute atomic E-state index is 5.88. The average molecular weight is 211 g/mol. The summed E-state index contributed by atoms with van der Waals surface area (Å²) in [5.74, 6) is 0.907. The number of aromatic nitrogens is 2. The fraction of sp³-hybridized carbons (Fsp3) is 0.300. The summed E-state index contributed by atoms with van der Waals surface area (Å²) in [5, 5.41) is 0.708. The minimum Gasteiger partial charge on any atom is -0.377 e. The zero-order valence-electron chi connectivity index (χ0n) is 8.12. The number of hydrogen-bond acceptors (Lipinski definition) is 2. The molecular formula is C10H11ClN2O. The van der Waals surface area contributed by atoms with Gasteiger partial charge in [0.1, 0.15) is 12.4 Å². The molecule has 0 aliphatic heterocycles. The Kier molecular flexibility index (Phi) is 2.44. The van der Waals surface area contributed by atoms with Crippen molar-refractivity contribution in [3.63, 3.8) is 0 Å². The van der Waals surface area contributed by atoms with Gasteiger partial charge in [0.05, 0.1) is 11.0 Å². The molecule has 0 bridgehead atoms. The largest absolute Gasteiger partial charge is 0.377 e. The quantitative estimate of drug-likeness (QED) is 0.761. The van der Waals surface area contributed by atoms with Gasteiger partial charge in [-0.15, -0.1) is 0 Å². The molecule has 0 aliphatic rings. The second kappa shape index (κ2) is 3.59. The van der Waals surface area contributed by atoms with Crippen molar-refractivity contribution in [3.8, 4) is 0 Å². The lowest BCUT2D eigenvalue weighted by molar-refractivity contribution is 0.176. The Morgan fingerprint density at radius 1 is 1.50 bits per heavy atom. The van der Waals surface area contributed by atoms with E-state index in [1.165, 1.54) is 0 Å². The van der Waals surface area contributed by atoms with Crippen LogP contribution in [0, 0.1) is 0 Å². The maximum atomic E-state index is 5.88. The minimum absolute atomic E-state index is 0.517. The first kappa shape index (κ1) is 9.49. The first-order valence-corrected chi connectivity index (χ1v) is 4.70. The van der Waals surface area contributed by atoms with E-state index in [1.807, 2.05) is 29.8 Å². The molecule has 2 rings (SSSR count). The van der Waals surface area contributed by atoms with Crippen LogP contribution in [0.15, 0.2) is 18.2 Å². The van der Waals surface area contributed by atoms with Gasteiger partial charge in [0.25, 0.3) is 0 Å². The summed E-state index contributed by atoms with van der Waals surface area (Å²) in [7, 11) is 3.63. The van der Waals surface area contributed by atoms with Gasteiger partial charge < -0.3 is 9.30 Å². The Morgan fingerprint density at radius 2 is 2.29 bits per heavy atom. The predicted octanol–water partition coefficient (Wildman–Crippen LogP) is 2.37. The van der Waals surface area contributed by atoms with E-state index >= 15 is 0 Å². The van der Waals surface area contributed by atoms with Crippen molar-refractivity contribution < 1.29 is 4.74 Å². The molecule has 14 heavy (non-hydrogen) atoms. The van der Waals surface area contributed by atoms with Crippen molar-refractivity contribution in [2.75, 3.05) is 7.11 Å². The molecular weight excluding hydrogens is 200 g/mol. The third-order valence-electron chi connectivity index (χ3n) is 2.21. The van der Waals surface area contributed by atoms with Gasteiger partial charge in [0.15, 0.2) is 0 Å². The standard InChI is InChI=1S/C10H11ClN2O/c1-13-9-4-3-7(11)5-8(9)12-10(13)6-14-2/h3-5H,6H2,1-2H3. The summed E-state index contributed by atoms with van der Waals surface area (Å²) >= 11 is 5.88. The van der Waals surface area contributed by atoms with Crippen molar-refractivity contribution in [1.29, 1.82) is 0 Å². The molecule has 2 aromatic rings. The number of aryl methyl sites for hydroxylation is 1. The second-order valence-corrected chi connectivity index (χ2v) is 3.59. The smallest absolute Gasteiger partial charge is 0.135 e. The SMILES string of the molecule is COCc1nc2cc(Cl)ccc2n1C. The molecule has 0 amide bonds. The van der Waals surface area contributed by atoms with Gasteiger partial charge in [-0.2, -0.15) is 0 Å². The van der Waals surface area contributed by atoms with E-state index in [1.54, 1.807) is 7.11 Å². The number of hydrogen-bond donors (Lipinski definition) is 0. The van der Waals surface area contributed by atoms with Crippen molar-refractivity contribution in [3.05, 3.63) is 29.0 Å². The molecule has 0 radical (unpaired) electrons. The van der Waals surface area contributed by atoms with Crippen LogP contribution in [0.5, 0.6) is 0 Å². The number of rotatable bonds is 2. The Bertz CT molecular complexity index is 464. The molecule has 1 aromatic carbocycles. The number of fused-ring (bicyclic) bond motifs is 1. The number of ether oxygens (including phenoxy) is 1. The molecule has 0 spiro atoms. The lowest BCUT2D eigenvalue weighted by Gasteiger charge is -1.99.